The van der Waals surface area contributed by atoms with Gasteiger partial charge in [-0.2, -0.15) is 13.2 Å². The van der Waals surface area contributed by atoms with Crippen LogP contribution in [0.5, 0.6) is 5.75 Å². The molecule has 10 heteroatoms. The first-order valence-electron chi connectivity index (χ1n) is 10.9. The monoisotopic (exact) mass is 478 g/mol. The molecule has 34 heavy (non-hydrogen) atoms. The fourth-order valence-corrected chi connectivity index (χ4v) is 4.48. The Kier molecular flexibility index (Phi) is 6.55. The minimum absolute atomic E-state index is 0.00248. The molecule has 1 fully saturated rings. The van der Waals surface area contributed by atoms with Crippen LogP contribution in [0.4, 0.5) is 13.2 Å². The number of fused-ring (bicyclic) bond motifs is 1. The van der Waals surface area contributed by atoms with Gasteiger partial charge in [-0.25, -0.2) is 5.48 Å². The molecule has 0 aliphatic carbocycles. The molecule has 1 atom stereocenters. The molecule has 0 bridgehead atoms. The SMILES string of the molecule is CC1(C(=O)N2Cc3ccc(C(=O)NO)cc3OC[C@H]2c2ccccc2C(F)(F)F)CCOCC1. The second kappa shape index (κ2) is 9.27. The summed E-state index contributed by atoms with van der Waals surface area (Å²) in [5.74, 6) is -0.758. The summed E-state index contributed by atoms with van der Waals surface area (Å²) >= 11 is 0. The molecule has 2 aromatic rings. The lowest BCUT2D eigenvalue weighted by Crippen LogP contribution is -2.47. The molecule has 0 spiro atoms. The van der Waals surface area contributed by atoms with Crippen molar-refractivity contribution >= 4 is 11.8 Å². The van der Waals surface area contributed by atoms with Crippen molar-refractivity contribution in [2.45, 2.75) is 38.5 Å². The van der Waals surface area contributed by atoms with Crippen molar-refractivity contribution in [3.05, 3.63) is 64.7 Å². The van der Waals surface area contributed by atoms with Gasteiger partial charge in [0.2, 0.25) is 5.91 Å². The van der Waals surface area contributed by atoms with Crippen LogP contribution in [0.2, 0.25) is 0 Å². The van der Waals surface area contributed by atoms with Gasteiger partial charge in [0, 0.05) is 24.3 Å². The van der Waals surface area contributed by atoms with Gasteiger partial charge in [0.1, 0.15) is 12.4 Å². The number of halogens is 3. The van der Waals surface area contributed by atoms with E-state index < -0.39 is 29.1 Å². The number of hydrogen-bond donors (Lipinski definition) is 2. The highest BCUT2D eigenvalue weighted by Gasteiger charge is 2.44. The molecular weight excluding hydrogens is 453 g/mol. The van der Waals surface area contributed by atoms with E-state index in [-0.39, 0.29) is 35.9 Å². The summed E-state index contributed by atoms with van der Waals surface area (Å²) in [6.07, 6.45) is -3.70. The zero-order valence-corrected chi connectivity index (χ0v) is 18.5. The minimum atomic E-state index is -4.61. The third-order valence-corrected chi connectivity index (χ3v) is 6.54. The number of benzene rings is 2. The second-order valence-electron chi connectivity index (χ2n) is 8.78. The molecule has 2 aliphatic rings. The van der Waals surface area contributed by atoms with E-state index in [0.717, 1.165) is 6.07 Å². The number of hydroxylamine groups is 1. The van der Waals surface area contributed by atoms with Crippen LogP contribution in [0.25, 0.3) is 0 Å². The van der Waals surface area contributed by atoms with E-state index in [1.807, 2.05) is 6.92 Å². The molecule has 2 amide bonds. The standard InChI is InChI=1S/C24H25F3N2O5/c1-23(8-10-33-11-9-23)22(31)29-13-16-7-6-15(21(30)28-32)12-20(16)34-14-19(29)17-4-2-3-5-18(17)24(25,26)27/h2-7,12,19,32H,8-11,13-14H2,1H3,(H,28,30)/t19-/m0/s1. The number of rotatable bonds is 3. The van der Waals surface area contributed by atoms with Gasteiger partial charge < -0.3 is 14.4 Å². The minimum Gasteiger partial charge on any atom is -0.491 e. The van der Waals surface area contributed by atoms with Gasteiger partial charge in [0.05, 0.1) is 23.6 Å². The first kappa shape index (κ1) is 24.0. The number of nitrogens with zero attached hydrogens (tertiary/aromatic N) is 1. The van der Waals surface area contributed by atoms with E-state index in [4.69, 9.17) is 14.7 Å². The number of alkyl halides is 3. The second-order valence-corrected chi connectivity index (χ2v) is 8.78. The van der Waals surface area contributed by atoms with Crippen molar-refractivity contribution in [2.75, 3.05) is 19.8 Å². The van der Waals surface area contributed by atoms with Crippen molar-refractivity contribution in [2.24, 2.45) is 5.41 Å². The summed E-state index contributed by atoms with van der Waals surface area (Å²) in [5, 5.41) is 8.92. The van der Waals surface area contributed by atoms with Crippen LogP contribution in [-0.2, 0) is 22.3 Å². The Hall–Kier alpha value is -3.11. The maximum Gasteiger partial charge on any atom is 0.416 e. The van der Waals surface area contributed by atoms with Crippen molar-refractivity contribution in [1.82, 2.24) is 10.4 Å². The molecule has 2 heterocycles. The van der Waals surface area contributed by atoms with Crippen molar-refractivity contribution in [3.8, 4) is 5.75 Å². The molecule has 182 valence electrons. The zero-order valence-electron chi connectivity index (χ0n) is 18.5. The zero-order chi connectivity index (χ0) is 24.5. The molecule has 0 aromatic heterocycles. The van der Waals surface area contributed by atoms with Gasteiger partial charge in [0.15, 0.2) is 0 Å². The summed E-state index contributed by atoms with van der Waals surface area (Å²) in [5.41, 5.74) is 0.533. The van der Waals surface area contributed by atoms with Crippen molar-refractivity contribution in [3.63, 3.8) is 0 Å². The molecule has 0 saturated carbocycles. The van der Waals surface area contributed by atoms with Crippen molar-refractivity contribution < 1.29 is 37.4 Å². The van der Waals surface area contributed by atoms with Crippen LogP contribution in [0.1, 0.15) is 52.9 Å². The summed E-state index contributed by atoms with van der Waals surface area (Å²) in [6.45, 7) is 2.37. The Morgan fingerprint density at radius 1 is 1.15 bits per heavy atom. The predicted octanol–water partition coefficient (Wildman–Crippen LogP) is 4.10. The Labute approximate surface area is 194 Å². The summed E-state index contributed by atoms with van der Waals surface area (Å²) < 4.78 is 52.9. The number of ether oxygens (including phenoxy) is 2. The Bertz CT molecular complexity index is 1080. The largest absolute Gasteiger partial charge is 0.491 e. The molecule has 1 saturated heterocycles. The molecule has 2 aliphatic heterocycles. The number of hydrogen-bond acceptors (Lipinski definition) is 5. The van der Waals surface area contributed by atoms with Crippen LogP contribution in [-0.4, -0.2) is 41.7 Å². The predicted molar refractivity (Wildman–Crippen MR) is 114 cm³/mol. The fourth-order valence-electron chi connectivity index (χ4n) is 4.48. The van der Waals surface area contributed by atoms with Crippen molar-refractivity contribution in [1.29, 1.82) is 0 Å². The first-order valence-corrected chi connectivity index (χ1v) is 10.9. The summed E-state index contributed by atoms with van der Waals surface area (Å²) in [7, 11) is 0. The van der Waals surface area contributed by atoms with E-state index in [1.165, 1.54) is 35.2 Å². The molecule has 7 nitrogen and oxygen atoms in total. The van der Waals surface area contributed by atoms with Crippen LogP contribution in [0.15, 0.2) is 42.5 Å². The molecule has 0 radical (unpaired) electrons. The third-order valence-electron chi connectivity index (χ3n) is 6.54. The Balaban J connectivity index is 1.79. The summed E-state index contributed by atoms with van der Waals surface area (Å²) in [4.78, 5) is 27.1. The maximum atomic E-state index is 13.9. The fraction of sp³-hybridized carbons (Fsp3) is 0.417. The average Bonchev–Trinajstić information content (AvgIpc) is 3.02. The van der Waals surface area contributed by atoms with E-state index in [0.29, 0.717) is 31.6 Å². The van der Waals surface area contributed by atoms with Gasteiger partial charge in [-0.1, -0.05) is 31.2 Å². The van der Waals surface area contributed by atoms with Crippen LogP contribution >= 0.6 is 0 Å². The van der Waals surface area contributed by atoms with E-state index in [1.54, 1.807) is 11.5 Å². The number of carbonyl (C=O) groups excluding carboxylic acids is 2. The highest BCUT2D eigenvalue weighted by Crippen LogP contribution is 2.42. The molecular formula is C24H25F3N2O5. The lowest BCUT2D eigenvalue weighted by atomic mass is 9.80. The normalized spacial score (nSPS) is 20.0. The third kappa shape index (κ3) is 4.60. The van der Waals surface area contributed by atoms with E-state index in [9.17, 15) is 22.8 Å². The molecule has 2 N–H and O–H groups in total. The van der Waals surface area contributed by atoms with Gasteiger partial charge in [-0.3, -0.25) is 14.8 Å². The summed E-state index contributed by atoms with van der Waals surface area (Å²) in [6, 6.07) is 8.60. The number of nitrogens with one attached hydrogen (secondary N) is 1. The van der Waals surface area contributed by atoms with E-state index >= 15 is 0 Å². The lowest BCUT2D eigenvalue weighted by molar-refractivity contribution is -0.152. The van der Waals surface area contributed by atoms with Crippen LogP contribution in [0, 0.1) is 5.41 Å². The van der Waals surface area contributed by atoms with Gasteiger partial charge in [-0.05, 0) is 36.6 Å². The molecule has 0 unspecified atom stereocenters. The molecule has 4 rings (SSSR count). The average molecular weight is 478 g/mol. The van der Waals surface area contributed by atoms with E-state index in [2.05, 4.69) is 0 Å². The highest BCUT2D eigenvalue weighted by molar-refractivity contribution is 5.94. The number of amides is 2. The van der Waals surface area contributed by atoms with Crippen LogP contribution in [0.3, 0.4) is 0 Å². The first-order chi connectivity index (χ1) is 16.1. The van der Waals surface area contributed by atoms with Gasteiger partial charge >= 0.3 is 6.18 Å². The molecule has 2 aromatic carbocycles. The Morgan fingerprint density at radius 3 is 2.53 bits per heavy atom. The number of carbonyl (C=O) groups is 2. The van der Waals surface area contributed by atoms with Crippen LogP contribution < -0.4 is 10.2 Å². The highest BCUT2D eigenvalue weighted by atomic mass is 19.4. The quantitative estimate of drug-likeness (QED) is 0.512. The van der Waals surface area contributed by atoms with Gasteiger partial charge in [-0.15, -0.1) is 0 Å². The lowest BCUT2D eigenvalue weighted by Gasteiger charge is -2.40. The van der Waals surface area contributed by atoms with Gasteiger partial charge in [0.25, 0.3) is 5.91 Å². The topological polar surface area (TPSA) is 88.1 Å². The smallest absolute Gasteiger partial charge is 0.416 e. The Morgan fingerprint density at radius 2 is 1.85 bits per heavy atom. The maximum absolute atomic E-state index is 13.9.